The summed E-state index contributed by atoms with van der Waals surface area (Å²) in [5, 5.41) is 57.4. The molecule has 6 N–H and O–H groups in total. The first-order chi connectivity index (χ1) is 44.7. The fourth-order valence-electron chi connectivity index (χ4n) is 11.2. The zero-order chi connectivity index (χ0) is 66.0. The van der Waals surface area contributed by atoms with Crippen molar-refractivity contribution in [2.45, 2.75) is 372 Å². The lowest BCUT2D eigenvalue weighted by molar-refractivity contribution is -0.305. The molecule has 8 atom stereocenters. The van der Waals surface area contributed by atoms with Crippen LogP contribution in [0, 0.1) is 0 Å². The van der Waals surface area contributed by atoms with Crippen LogP contribution in [0.15, 0.2) is 109 Å². The maximum Gasteiger partial charge on any atom is 0.306 e. The average molecular weight is 1270 g/mol. The summed E-state index contributed by atoms with van der Waals surface area (Å²) < 4.78 is 17.7. The summed E-state index contributed by atoms with van der Waals surface area (Å²) in [5.74, 6) is -1.21. The molecule has 11 nitrogen and oxygen atoms in total. The van der Waals surface area contributed by atoms with E-state index in [1.54, 1.807) is 6.08 Å². The van der Waals surface area contributed by atoms with Gasteiger partial charge in [-0.1, -0.05) is 310 Å². The number of unbranched alkanes of at least 4 members (excludes halogenated alkanes) is 34. The Hall–Kier alpha value is -3.68. The van der Waals surface area contributed by atoms with E-state index in [4.69, 9.17) is 14.2 Å². The van der Waals surface area contributed by atoms with E-state index < -0.39 is 67.4 Å². The molecule has 1 aliphatic rings. The van der Waals surface area contributed by atoms with Crippen LogP contribution in [0.1, 0.15) is 323 Å². The van der Waals surface area contributed by atoms with Crippen LogP contribution in [0.2, 0.25) is 0 Å². The second-order valence-corrected chi connectivity index (χ2v) is 25.7. The Morgan fingerprint density at radius 1 is 0.429 bits per heavy atom. The van der Waals surface area contributed by atoms with E-state index in [0.717, 1.165) is 128 Å². The van der Waals surface area contributed by atoms with Gasteiger partial charge in [0.25, 0.3) is 0 Å². The Kier molecular flexibility index (Phi) is 62.2. The van der Waals surface area contributed by atoms with E-state index in [2.05, 4.69) is 123 Å². The highest BCUT2D eigenvalue weighted by Gasteiger charge is 2.47. The molecule has 0 bridgehead atoms. The number of nitrogens with one attached hydrogen (secondary N) is 1. The number of aliphatic hydroxyl groups excluding tert-OH is 5. The minimum absolute atomic E-state index is 0.107. The van der Waals surface area contributed by atoms with Crippen LogP contribution in [0.4, 0.5) is 0 Å². The van der Waals surface area contributed by atoms with Gasteiger partial charge < -0.3 is 45.1 Å². The summed E-state index contributed by atoms with van der Waals surface area (Å²) in [6, 6.07) is -1.04. The first kappa shape index (κ1) is 85.3. The zero-order valence-electron chi connectivity index (χ0n) is 58.4. The van der Waals surface area contributed by atoms with Crippen LogP contribution in [-0.2, 0) is 23.8 Å². The van der Waals surface area contributed by atoms with Crippen LogP contribution in [0.25, 0.3) is 0 Å². The first-order valence-electron chi connectivity index (χ1n) is 37.7. The molecule has 0 radical (unpaired) electrons. The van der Waals surface area contributed by atoms with Gasteiger partial charge in [-0.25, -0.2) is 0 Å². The molecule has 1 aliphatic heterocycles. The fraction of sp³-hybridized carbons (Fsp3) is 0.750. The summed E-state index contributed by atoms with van der Waals surface area (Å²) in [6.07, 6.45) is 81.1. The van der Waals surface area contributed by atoms with Crippen molar-refractivity contribution in [3.63, 3.8) is 0 Å². The van der Waals surface area contributed by atoms with Crippen molar-refractivity contribution in [1.29, 1.82) is 0 Å². The lowest BCUT2D eigenvalue weighted by atomic mass is 9.99. The number of carbonyl (C=O) groups is 2. The Morgan fingerprint density at radius 2 is 0.758 bits per heavy atom. The SMILES string of the molecule is CCCCC/C=C\C/C=C\C/C=C\C/C=C\CCCCCCCCCCCCC(O)C(=O)NC(COC1OC(CO)C(O)C(O)C1OC(=O)CCCCCCCCC/C=C\C/C=C\C/C=C\C/C=C\CCCCC)C(O)/C=C/CCCCCCCCCCCCC. The van der Waals surface area contributed by atoms with Gasteiger partial charge in [0.2, 0.25) is 5.91 Å². The molecular formula is C80H139NO10. The molecule has 0 spiro atoms. The predicted octanol–water partition coefficient (Wildman–Crippen LogP) is 20.0. The molecule has 0 aromatic heterocycles. The lowest BCUT2D eigenvalue weighted by Gasteiger charge is -2.41. The standard InChI is InChI=1S/C80H139NO10/c1-4-7-10-13-16-19-22-25-27-29-31-33-35-36-37-39-40-42-44-46-49-52-55-58-61-64-67-73(84)79(88)81-71(72(83)66-63-60-57-54-51-48-24-21-18-15-12-9-6-3)70-89-80-78(77(87)76(86)74(69-82)90-80)91-75(85)68-65-62-59-56-53-50-47-45-43-41-38-34-32-30-28-26-23-20-17-14-11-8-5-2/h16-17,19-20,25-28,31-34,36-37,41,43,63,66,71-74,76-78,80,82-84,86-87H,4-15,18,21-24,29-30,35,38-40,42,44-62,64-65,67-70H2,1-3H3,(H,81,88)/b19-16-,20-17-,27-25-,28-26-,33-31-,34-32-,37-36-,43-41-,66-63+. The number of hydrogen-bond acceptors (Lipinski definition) is 10. The van der Waals surface area contributed by atoms with Crippen molar-refractivity contribution in [2.24, 2.45) is 0 Å². The van der Waals surface area contributed by atoms with Crippen molar-refractivity contribution in [3.8, 4) is 0 Å². The van der Waals surface area contributed by atoms with E-state index in [-0.39, 0.29) is 19.4 Å². The van der Waals surface area contributed by atoms with Gasteiger partial charge in [0, 0.05) is 6.42 Å². The molecule has 11 heteroatoms. The third-order valence-electron chi connectivity index (χ3n) is 17.1. The summed E-state index contributed by atoms with van der Waals surface area (Å²) in [7, 11) is 0. The van der Waals surface area contributed by atoms with Crippen molar-refractivity contribution < 1.29 is 49.3 Å². The number of amides is 1. The molecule has 91 heavy (non-hydrogen) atoms. The second-order valence-electron chi connectivity index (χ2n) is 25.7. The van der Waals surface area contributed by atoms with E-state index in [0.29, 0.717) is 12.8 Å². The molecule has 1 fully saturated rings. The third-order valence-corrected chi connectivity index (χ3v) is 17.1. The first-order valence-corrected chi connectivity index (χ1v) is 37.7. The Morgan fingerprint density at radius 3 is 1.15 bits per heavy atom. The van der Waals surface area contributed by atoms with Crippen LogP contribution in [-0.4, -0.2) is 99.6 Å². The number of ether oxygens (including phenoxy) is 3. The summed E-state index contributed by atoms with van der Waals surface area (Å²) >= 11 is 0. The molecule has 8 unspecified atom stereocenters. The molecule has 1 saturated heterocycles. The number of hydrogen-bond donors (Lipinski definition) is 6. The van der Waals surface area contributed by atoms with Crippen molar-refractivity contribution in [3.05, 3.63) is 109 Å². The molecule has 1 heterocycles. The quantitative estimate of drug-likeness (QED) is 0.0195. The normalized spacial score (nSPS) is 18.6. The van der Waals surface area contributed by atoms with E-state index in [9.17, 15) is 35.1 Å². The molecule has 0 saturated carbocycles. The molecule has 1 rings (SSSR count). The van der Waals surface area contributed by atoms with Gasteiger partial charge in [0.1, 0.15) is 24.4 Å². The van der Waals surface area contributed by atoms with E-state index in [1.807, 2.05) is 6.08 Å². The Balaban J connectivity index is 2.58. The highest BCUT2D eigenvalue weighted by Crippen LogP contribution is 2.26. The summed E-state index contributed by atoms with van der Waals surface area (Å²) in [5.41, 5.74) is 0. The Labute approximate surface area is 558 Å². The fourth-order valence-corrected chi connectivity index (χ4v) is 11.2. The number of rotatable bonds is 64. The van der Waals surface area contributed by atoms with Crippen molar-refractivity contribution in [1.82, 2.24) is 5.32 Å². The van der Waals surface area contributed by atoms with Gasteiger partial charge in [-0.2, -0.15) is 0 Å². The molecule has 524 valence electrons. The van der Waals surface area contributed by atoms with Gasteiger partial charge in [-0.05, 0) is 116 Å². The van der Waals surface area contributed by atoms with Crippen molar-refractivity contribution in [2.75, 3.05) is 13.2 Å². The third kappa shape index (κ3) is 53.3. The van der Waals surface area contributed by atoms with Gasteiger partial charge in [0.15, 0.2) is 12.4 Å². The Bertz CT molecular complexity index is 1900. The minimum Gasteiger partial charge on any atom is -0.454 e. The van der Waals surface area contributed by atoms with Gasteiger partial charge in [0.05, 0.1) is 25.4 Å². The van der Waals surface area contributed by atoms with E-state index >= 15 is 0 Å². The molecule has 0 aliphatic carbocycles. The van der Waals surface area contributed by atoms with Crippen LogP contribution in [0.5, 0.6) is 0 Å². The highest BCUT2D eigenvalue weighted by atomic mass is 16.7. The number of aliphatic hydroxyl groups is 5. The van der Waals surface area contributed by atoms with Gasteiger partial charge >= 0.3 is 5.97 Å². The van der Waals surface area contributed by atoms with Crippen LogP contribution < -0.4 is 5.32 Å². The molecule has 0 aromatic carbocycles. The number of allylic oxidation sites excluding steroid dienone is 17. The molecule has 0 aromatic rings. The van der Waals surface area contributed by atoms with Gasteiger partial charge in [-0.3, -0.25) is 9.59 Å². The number of carbonyl (C=O) groups excluding carboxylic acids is 2. The lowest BCUT2D eigenvalue weighted by Crippen LogP contribution is -2.61. The van der Waals surface area contributed by atoms with Crippen LogP contribution >= 0.6 is 0 Å². The molecule has 1 amide bonds. The highest BCUT2D eigenvalue weighted by molar-refractivity contribution is 5.80. The zero-order valence-corrected chi connectivity index (χ0v) is 58.4. The monoisotopic (exact) mass is 1270 g/mol. The smallest absolute Gasteiger partial charge is 0.306 e. The average Bonchev–Trinajstić information content (AvgIpc) is 0.969. The summed E-state index contributed by atoms with van der Waals surface area (Å²) in [6.45, 7) is 5.76. The topological polar surface area (TPSA) is 175 Å². The summed E-state index contributed by atoms with van der Waals surface area (Å²) in [4.78, 5) is 26.7. The van der Waals surface area contributed by atoms with Gasteiger partial charge in [-0.15, -0.1) is 0 Å². The van der Waals surface area contributed by atoms with E-state index in [1.165, 1.54) is 148 Å². The second kappa shape index (κ2) is 66.3. The predicted molar refractivity (Wildman–Crippen MR) is 384 cm³/mol. The largest absolute Gasteiger partial charge is 0.454 e. The van der Waals surface area contributed by atoms with Crippen LogP contribution in [0.3, 0.4) is 0 Å². The number of esters is 1. The maximum absolute atomic E-state index is 13.5. The maximum atomic E-state index is 13.5. The minimum atomic E-state index is -1.63. The van der Waals surface area contributed by atoms with Crippen molar-refractivity contribution >= 4 is 11.9 Å². The molecular weight excluding hydrogens is 1130 g/mol.